The Balaban J connectivity index is 2.34. The quantitative estimate of drug-likeness (QED) is 0.894. The molecule has 102 valence electrons. The Labute approximate surface area is 117 Å². The van der Waals surface area contributed by atoms with E-state index < -0.39 is 0 Å². The first-order chi connectivity index (χ1) is 9.06. The van der Waals surface area contributed by atoms with Crippen LogP contribution in [-0.2, 0) is 0 Å². The Kier molecular flexibility index (Phi) is 4.10. The number of amides is 1. The molecule has 0 aliphatic rings. The summed E-state index contributed by atoms with van der Waals surface area (Å²) in [5.41, 5.74) is 7.88. The molecule has 0 spiro atoms. The zero-order valence-electron chi connectivity index (χ0n) is 11.6. The van der Waals surface area contributed by atoms with Gasteiger partial charge in [-0.05, 0) is 31.4 Å². The lowest BCUT2D eigenvalue weighted by Crippen LogP contribution is -2.33. The van der Waals surface area contributed by atoms with Crippen LogP contribution in [-0.4, -0.2) is 11.9 Å². The smallest absolute Gasteiger partial charge is 0.263 e. The van der Waals surface area contributed by atoms with Crippen molar-refractivity contribution in [3.05, 3.63) is 28.6 Å². The van der Waals surface area contributed by atoms with E-state index in [1.165, 1.54) is 16.9 Å². The van der Waals surface area contributed by atoms with E-state index in [2.05, 4.69) is 25.2 Å². The van der Waals surface area contributed by atoms with E-state index in [9.17, 15) is 4.79 Å². The van der Waals surface area contributed by atoms with Gasteiger partial charge in [0.05, 0.1) is 5.69 Å². The number of thiophene rings is 1. The van der Waals surface area contributed by atoms with Crippen molar-refractivity contribution in [2.45, 2.75) is 39.7 Å². The number of nitrogens with one attached hydrogen (secondary N) is 1. The predicted molar refractivity (Wildman–Crippen MR) is 82.8 cm³/mol. The van der Waals surface area contributed by atoms with E-state index in [0.717, 1.165) is 22.9 Å². The molecule has 0 radical (unpaired) electrons. The zero-order valence-corrected chi connectivity index (χ0v) is 12.4. The highest BCUT2D eigenvalue weighted by Crippen LogP contribution is 2.34. The van der Waals surface area contributed by atoms with Gasteiger partial charge in [0.15, 0.2) is 0 Å². The maximum atomic E-state index is 12.3. The molecule has 19 heavy (non-hydrogen) atoms. The Bertz CT molecular complexity index is 599. The van der Waals surface area contributed by atoms with Crippen molar-refractivity contribution < 1.29 is 4.79 Å². The Hall–Kier alpha value is -1.55. The number of carbonyl (C=O) groups is 1. The van der Waals surface area contributed by atoms with Crippen LogP contribution in [0, 0.1) is 6.92 Å². The average molecular weight is 276 g/mol. The van der Waals surface area contributed by atoms with Crippen LogP contribution >= 0.6 is 11.3 Å². The molecule has 0 atom stereocenters. The summed E-state index contributed by atoms with van der Waals surface area (Å²) >= 11 is 1.47. The third-order valence-electron chi connectivity index (χ3n) is 3.41. The number of anilines is 1. The van der Waals surface area contributed by atoms with Gasteiger partial charge in [-0.3, -0.25) is 4.79 Å². The van der Waals surface area contributed by atoms with Crippen molar-refractivity contribution in [3.8, 4) is 0 Å². The first-order valence-corrected chi connectivity index (χ1v) is 7.47. The SMILES string of the molecule is CCC(CC)NC(=O)c1sc2cc(C)ccc2c1N. The van der Waals surface area contributed by atoms with Crippen LogP contribution in [0.2, 0.25) is 0 Å². The van der Waals surface area contributed by atoms with Crippen molar-refractivity contribution in [3.63, 3.8) is 0 Å². The third kappa shape index (κ3) is 2.73. The lowest BCUT2D eigenvalue weighted by atomic mass is 10.1. The highest BCUT2D eigenvalue weighted by molar-refractivity contribution is 7.21. The number of rotatable bonds is 4. The molecule has 1 aromatic carbocycles. The standard InChI is InChI=1S/C15H20N2OS/c1-4-10(5-2)17-15(18)14-13(16)11-7-6-9(3)8-12(11)19-14/h6-8,10H,4-5,16H2,1-3H3,(H,17,18). The molecule has 3 nitrogen and oxygen atoms in total. The number of benzene rings is 1. The Morgan fingerprint density at radius 1 is 1.37 bits per heavy atom. The zero-order chi connectivity index (χ0) is 14.0. The fourth-order valence-electron chi connectivity index (χ4n) is 2.14. The minimum Gasteiger partial charge on any atom is -0.397 e. The first-order valence-electron chi connectivity index (χ1n) is 6.66. The predicted octanol–water partition coefficient (Wildman–Crippen LogP) is 3.71. The van der Waals surface area contributed by atoms with E-state index in [1.54, 1.807) is 0 Å². The van der Waals surface area contributed by atoms with E-state index >= 15 is 0 Å². The summed E-state index contributed by atoms with van der Waals surface area (Å²) < 4.78 is 1.08. The topological polar surface area (TPSA) is 55.1 Å². The molecule has 0 saturated heterocycles. The van der Waals surface area contributed by atoms with Crippen LogP contribution in [0.1, 0.15) is 41.9 Å². The molecule has 0 saturated carbocycles. The monoisotopic (exact) mass is 276 g/mol. The Morgan fingerprint density at radius 2 is 2.05 bits per heavy atom. The second-order valence-electron chi connectivity index (χ2n) is 4.83. The van der Waals surface area contributed by atoms with Crippen LogP contribution in [0.4, 0.5) is 5.69 Å². The van der Waals surface area contributed by atoms with Crippen LogP contribution in [0.3, 0.4) is 0 Å². The number of hydrogen-bond donors (Lipinski definition) is 2. The molecular weight excluding hydrogens is 256 g/mol. The lowest BCUT2D eigenvalue weighted by molar-refractivity contribution is 0.0940. The lowest BCUT2D eigenvalue weighted by Gasteiger charge is -2.14. The molecule has 1 amide bonds. The summed E-state index contributed by atoms with van der Waals surface area (Å²) in [6.07, 6.45) is 1.87. The second kappa shape index (κ2) is 5.61. The van der Waals surface area contributed by atoms with Gasteiger partial charge in [0.1, 0.15) is 4.88 Å². The average Bonchev–Trinajstić information content (AvgIpc) is 2.72. The van der Waals surface area contributed by atoms with Gasteiger partial charge in [-0.25, -0.2) is 0 Å². The fraction of sp³-hybridized carbons (Fsp3) is 0.400. The van der Waals surface area contributed by atoms with Gasteiger partial charge < -0.3 is 11.1 Å². The van der Waals surface area contributed by atoms with Crippen molar-refractivity contribution >= 4 is 33.0 Å². The number of carbonyl (C=O) groups excluding carboxylic acids is 1. The van der Waals surface area contributed by atoms with E-state index in [4.69, 9.17) is 5.73 Å². The molecule has 4 heteroatoms. The molecule has 3 N–H and O–H groups in total. The fourth-order valence-corrected chi connectivity index (χ4v) is 3.26. The largest absolute Gasteiger partial charge is 0.397 e. The van der Waals surface area contributed by atoms with Crippen LogP contribution in [0.15, 0.2) is 18.2 Å². The van der Waals surface area contributed by atoms with Crippen molar-refractivity contribution in [2.75, 3.05) is 5.73 Å². The Morgan fingerprint density at radius 3 is 2.68 bits per heavy atom. The summed E-state index contributed by atoms with van der Waals surface area (Å²) in [6.45, 7) is 6.19. The summed E-state index contributed by atoms with van der Waals surface area (Å²) in [4.78, 5) is 12.9. The van der Waals surface area contributed by atoms with Gasteiger partial charge >= 0.3 is 0 Å². The number of nitrogens with two attached hydrogens (primary N) is 1. The van der Waals surface area contributed by atoms with Crippen molar-refractivity contribution in [1.82, 2.24) is 5.32 Å². The summed E-state index contributed by atoms with van der Waals surface area (Å²) in [5, 5.41) is 4.02. The number of nitrogen functional groups attached to an aromatic ring is 1. The highest BCUT2D eigenvalue weighted by Gasteiger charge is 2.18. The molecular formula is C15H20N2OS. The second-order valence-corrected chi connectivity index (χ2v) is 5.88. The van der Waals surface area contributed by atoms with Crippen LogP contribution < -0.4 is 11.1 Å². The van der Waals surface area contributed by atoms with Crippen LogP contribution in [0.5, 0.6) is 0 Å². The molecule has 0 fully saturated rings. The van der Waals surface area contributed by atoms with E-state index in [0.29, 0.717) is 10.6 Å². The van der Waals surface area contributed by atoms with E-state index in [-0.39, 0.29) is 11.9 Å². The van der Waals surface area contributed by atoms with E-state index in [1.807, 2.05) is 19.1 Å². The molecule has 0 unspecified atom stereocenters. The van der Waals surface area contributed by atoms with Crippen molar-refractivity contribution in [2.24, 2.45) is 0 Å². The molecule has 2 aromatic rings. The van der Waals surface area contributed by atoms with Gasteiger partial charge in [0, 0.05) is 16.1 Å². The normalized spacial score (nSPS) is 11.2. The molecule has 1 aromatic heterocycles. The highest BCUT2D eigenvalue weighted by atomic mass is 32.1. The maximum Gasteiger partial charge on any atom is 0.263 e. The minimum atomic E-state index is -0.0509. The first kappa shape index (κ1) is 13.9. The molecule has 0 aliphatic heterocycles. The summed E-state index contributed by atoms with van der Waals surface area (Å²) in [6, 6.07) is 6.31. The van der Waals surface area contributed by atoms with Gasteiger partial charge in [-0.2, -0.15) is 0 Å². The summed E-state index contributed by atoms with van der Waals surface area (Å²) in [5.74, 6) is -0.0509. The number of fused-ring (bicyclic) bond motifs is 1. The minimum absolute atomic E-state index is 0.0509. The number of aryl methyl sites for hydroxylation is 1. The molecule has 0 bridgehead atoms. The van der Waals surface area contributed by atoms with Crippen LogP contribution in [0.25, 0.3) is 10.1 Å². The van der Waals surface area contributed by atoms with Gasteiger partial charge in [0.2, 0.25) is 0 Å². The van der Waals surface area contributed by atoms with Gasteiger partial charge in [-0.1, -0.05) is 26.0 Å². The van der Waals surface area contributed by atoms with Gasteiger partial charge in [0.25, 0.3) is 5.91 Å². The third-order valence-corrected chi connectivity index (χ3v) is 4.58. The molecule has 0 aliphatic carbocycles. The maximum absolute atomic E-state index is 12.3. The molecule has 2 rings (SSSR count). The number of hydrogen-bond acceptors (Lipinski definition) is 3. The van der Waals surface area contributed by atoms with Crippen molar-refractivity contribution in [1.29, 1.82) is 0 Å². The molecule has 1 heterocycles. The summed E-state index contributed by atoms with van der Waals surface area (Å²) in [7, 11) is 0. The van der Waals surface area contributed by atoms with Gasteiger partial charge in [-0.15, -0.1) is 11.3 Å².